The van der Waals surface area contributed by atoms with Gasteiger partial charge in [-0.15, -0.1) is 11.3 Å². The van der Waals surface area contributed by atoms with Crippen LogP contribution >= 0.6 is 23.6 Å². The van der Waals surface area contributed by atoms with E-state index in [4.69, 9.17) is 18.0 Å². The Morgan fingerprint density at radius 2 is 2.30 bits per heavy atom. The SMILES string of the molecule is CN(C)C(=O)C1C(=S)NC(N)=C(C#N)C1c1cccs1. The van der Waals surface area contributed by atoms with Gasteiger partial charge in [-0.3, -0.25) is 4.79 Å². The number of hydrogen-bond acceptors (Lipinski definition) is 5. The third kappa shape index (κ3) is 2.40. The summed E-state index contributed by atoms with van der Waals surface area (Å²) in [5.74, 6) is -0.913. The Morgan fingerprint density at radius 3 is 2.80 bits per heavy atom. The molecule has 0 fully saturated rings. The Bertz CT molecular complexity index is 613. The first-order valence-electron chi connectivity index (χ1n) is 5.92. The number of amides is 1. The highest BCUT2D eigenvalue weighted by Gasteiger charge is 2.41. The first kappa shape index (κ1) is 14.5. The Kier molecular flexibility index (Phi) is 4.06. The van der Waals surface area contributed by atoms with Crippen LogP contribution in [0, 0.1) is 17.2 Å². The van der Waals surface area contributed by atoms with Crippen LogP contribution < -0.4 is 11.1 Å². The molecule has 1 aliphatic rings. The number of nitriles is 1. The number of nitrogens with two attached hydrogens (primary N) is 1. The molecule has 0 aromatic carbocycles. The summed E-state index contributed by atoms with van der Waals surface area (Å²) >= 11 is 6.76. The van der Waals surface area contributed by atoms with Gasteiger partial charge in [0.2, 0.25) is 5.91 Å². The number of carbonyl (C=O) groups is 1. The molecule has 0 bridgehead atoms. The number of nitrogens with zero attached hydrogens (tertiary/aromatic N) is 2. The number of allylic oxidation sites excluding steroid dienone is 1. The van der Waals surface area contributed by atoms with Gasteiger partial charge >= 0.3 is 0 Å². The summed E-state index contributed by atoms with van der Waals surface area (Å²) in [5.41, 5.74) is 6.22. The van der Waals surface area contributed by atoms with Crippen molar-refractivity contribution in [2.45, 2.75) is 5.92 Å². The fourth-order valence-corrected chi connectivity index (χ4v) is 3.42. The van der Waals surface area contributed by atoms with E-state index in [9.17, 15) is 10.1 Å². The highest BCUT2D eigenvalue weighted by molar-refractivity contribution is 7.80. The topological polar surface area (TPSA) is 82.2 Å². The molecular weight excluding hydrogens is 292 g/mol. The van der Waals surface area contributed by atoms with Gasteiger partial charge in [0.25, 0.3) is 0 Å². The van der Waals surface area contributed by atoms with E-state index in [1.807, 2.05) is 17.5 Å². The zero-order valence-electron chi connectivity index (χ0n) is 11.1. The summed E-state index contributed by atoms with van der Waals surface area (Å²) in [6.07, 6.45) is 0. The Labute approximate surface area is 126 Å². The molecule has 1 amide bonds. The van der Waals surface area contributed by atoms with Crippen LogP contribution in [0.25, 0.3) is 0 Å². The van der Waals surface area contributed by atoms with Gasteiger partial charge in [0, 0.05) is 19.0 Å². The molecule has 2 heterocycles. The second-order valence-electron chi connectivity index (χ2n) is 4.63. The van der Waals surface area contributed by atoms with Gasteiger partial charge < -0.3 is 16.0 Å². The van der Waals surface area contributed by atoms with Crippen molar-refractivity contribution >= 4 is 34.5 Å². The lowest BCUT2D eigenvalue weighted by Crippen LogP contribution is -2.48. The molecule has 1 aromatic heterocycles. The molecule has 20 heavy (non-hydrogen) atoms. The first-order chi connectivity index (χ1) is 9.47. The third-order valence-electron chi connectivity index (χ3n) is 3.15. The van der Waals surface area contributed by atoms with Crippen molar-refractivity contribution in [3.05, 3.63) is 33.8 Å². The number of thiocarbonyl (C=S) groups is 1. The van der Waals surface area contributed by atoms with Gasteiger partial charge in [0.1, 0.15) is 11.7 Å². The smallest absolute Gasteiger partial charge is 0.233 e. The van der Waals surface area contributed by atoms with E-state index in [0.717, 1.165) is 4.88 Å². The van der Waals surface area contributed by atoms with Crippen molar-refractivity contribution in [1.82, 2.24) is 10.2 Å². The van der Waals surface area contributed by atoms with E-state index in [0.29, 0.717) is 10.6 Å². The standard InChI is InChI=1S/C13H14N4OS2/c1-17(2)13(18)10-9(8-4-3-5-20-8)7(6-14)11(15)16-12(10)19/h3-5,9-10H,15H2,1-2H3,(H,16,19). The minimum absolute atomic E-state index is 0.138. The van der Waals surface area contributed by atoms with Gasteiger partial charge in [-0.05, 0) is 11.4 Å². The molecule has 104 valence electrons. The first-order valence-corrected chi connectivity index (χ1v) is 7.21. The Morgan fingerprint density at radius 1 is 1.60 bits per heavy atom. The van der Waals surface area contributed by atoms with Crippen LogP contribution in [0.5, 0.6) is 0 Å². The molecule has 0 spiro atoms. The zero-order valence-corrected chi connectivity index (χ0v) is 12.7. The number of rotatable bonds is 2. The van der Waals surface area contributed by atoms with Gasteiger partial charge in [0.15, 0.2) is 0 Å². The number of nitrogens with one attached hydrogen (secondary N) is 1. The Balaban J connectivity index is 2.57. The quantitative estimate of drug-likeness (QED) is 0.801. The number of carbonyl (C=O) groups excluding carboxylic acids is 1. The molecular formula is C13H14N4OS2. The van der Waals surface area contributed by atoms with Crippen LogP contribution in [0.15, 0.2) is 28.9 Å². The molecule has 0 saturated carbocycles. The lowest BCUT2D eigenvalue weighted by Gasteiger charge is -2.33. The fraction of sp³-hybridized carbons (Fsp3) is 0.308. The monoisotopic (exact) mass is 306 g/mol. The average Bonchev–Trinajstić information content (AvgIpc) is 2.90. The maximum Gasteiger partial charge on any atom is 0.233 e. The summed E-state index contributed by atoms with van der Waals surface area (Å²) in [6, 6.07) is 5.88. The molecule has 2 atom stereocenters. The molecule has 2 unspecified atom stereocenters. The molecule has 0 aliphatic carbocycles. The largest absolute Gasteiger partial charge is 0.384 e. The molecule has 1 aliphatic heterocycles. The van der Waals surface area contributed by atoms with E-state index in [1.54, 1.807) is 14.1 Å². The second kappa shape index (κ2) is 5.61. The van der Waals surface area contributed by atoms with E-state index >= 15 is 0 Å². The molecule has 2 rings (SSSR count). The maximum atomic E-state index is 12.4. The van der Waals surface area contributed by atoms with E-state index in [2.05, 4.69) is 11.4 Å². The van der Waals surface area contributed by atoms with E-state index < -0.39 is 11.8 Å². The average molecular weight is 306 g/mol. The highest BCUT2D eigenvalue weighted by Crippen LogP contribution is 2.39. The van der Waals surface area contributed by atoms with E-state index in [-0.39, 0.29) is 11.7 Å². The minimum atomic E-state index is -0.597. The van der Waals surface area contributed by atoms with E-state index in [1.165, 1.54) is 16.2 Å². The van der Waals surface area contributed by atoms with Crippen LogP contribution in [0.4, 0.5) is 0 Å². The van der Waals surface area contributed by atoms with Crippen LogP contribution in [0.3, 0.4) is 0 Å². The second-order valence-corrected chi connectivity index (χ2v) is 6.05. The van der Waals surface area contributed by atoms with Gasteiger partial charge in [-0.1, -0.05) is 18.3 Å². The molecule has 0 radical (unpaired) electrons. The normalized spacial score (nSPS) is 22.1. The van der Waals surface area contributed by atoms with Crippen molar-refractivity contribution in [2.75, 3.05) is 14.1 Å². The number of hydrogen-bond donors (Lipinski definition) is 2. The van der Waals surface area contributed by atoms with Crippen molar-refractivity contribution in [1.29, 1.82) is 5.26 Å². The van der Waals surface area contributed by atoms with Crippen molar-refractivity contribution in [2.24, 2.45) is 11.7 Å². The van der Waals surface area contributed by atoms with Crippen LogP contribution in [0.1, 0.15) is 10.8 Å². The highest BCUT2D eigenvalue weighted by atomic mass is 32.1. The summed E-state index contributed by atoms with van der Waals surface area (Å²) in [4.78, 5) is 15.2. The lowest BCUT2D eigenvalue weighted by molar-refractivity contribution is -0.131. The molecule has 7 heteroatoms. The zero-order chi connectivity index (χ0) is 14.9. The molecule has 3 N–H and O–H groups in total. The van der Waals surface area contributed by atoms with Gasteiger partial charge in [0.05, 0.1) is 22.5 Å². The summed E-state index contributed by atoms with van der Waals surface area (Å²) < 4.78 is 0. The summed E-state index contributed by atoms with van der Waals surface area (Å²) in [5, 5.41) is 14.1. The Hall–Kier alpha value is -1.91. The summed E-state index contributed by atoms with van der Waals surface area (Å²) in [6.45, 7) is 0. The van der Waals surface area contributed by atoms with Gasteiger partial charge in [-0.2, -0.15) is 5.26 Å². The lowest BCUT2D eigenvalue weighted by atomic mass is 9.81. The van der Waals surface area contributed by atoms with Crippen LogP contribution in [-0.4, -0.2) is 29.9 Å². The predicted molar refractivity (Wildman–Crippen MR) is 81.8 cm³/mol. The van der Waals surface area contributed by atoms with Crippen LogP contribution in [-0.2, 0) is 4.79 Å². The van der Waals surface area contributed by atoms with Gasteiger partial charge in [-0.25, -0.2) is 0 Å². The fourth-order valence-electron chi connectivity index (χ4n) is 2.20. The third-order valence-corrected chi connectivity index (χ3v) is 4.46. The molecule has 1 aromatic rings. The van der Waals surface area contributed by atoms with Crippen molar-refractivity contribution < 1.29 is 4.79 Å². The minimum Gasteiger partial charge on any atom is -0.384 e. The predicted octanol–water partition coefficient (Wildman–Crippen LogP) is 1.16. The molecule has 5 nitrogen and oxygen atoms in total. The molecule has 0 saturated heterocycles. The van der Waals surface area contributed by atoms with Crippen molar-refractivity contribution in [3.63, 3.8) is 0 Å². The van der Waals surface area contributed by atoms with Crippen molar-refractivity contribution in [3.8, 4) is 6.07 Å². The summed E-state index contributed by atoms with van der Waals surface area (Å²) in [7, 11) is 3.34. The number of thiophene rings is 1. The van der Waals surface area contributed by atoms with Crippen LogP contribution in [0.2, 0.25) is 0 Å². The maximum absolute atomic E-state index is 12.4.